The van der Waals surface area contributed by atoms with Crippen molar-refractivity contribution in [2.75, 3.05) is 19.5 Å². The number of methoxy groups -OCH3 is 1. The molecule has 1 aromatic carbocycles. The van der Waals surface area contributed by atoms with Gasteiger partial charge in [-0.1, -0.05) is 30.3 Å². The van der Waals surface area contributed by atoms with Crippen LogP contribution in [-0.2, 0) is 59.8 Å². The summed E-state index contributed by atoms with van der Waals surface area (Å²) in [5, 5.41) is 2.39. The molecular weight excluding hydrogens is 510 g/mol. The molecule has 3 heterocycles. The van der Waals surface area contributed by atoms with E-state index in [1.54, 1.807) is 39.8 Å². The smallest absolute Gasteiger partial charge is 0.408 e. The number of amides is 1. The molecule has 0 bridgehead atoms. The fourth-order valence-corrected chi connectivity index (χ4v) is 5.34. The molecular formula is C24H33NO11S. The summed E-state index contributed by atoms with van der Waals surface area (Å²) >= 11 is -2.08. The first-order chi connectivity index (χ1) is 17.5. The summed E-state index contributed by atoms with van der Waals surface area (Å²) in [5.41, 5.74) is 0.768. The second-order valence-corrected chi connectivity index (χ2v) is 10.9. The molecule has 0 aromatic heterocycles. The Morgan fingerprint density at radius 2 is 1.81 bits per heavy atom. The lowest BCUT2D eigenvalue weighted by molar-refractivity contribution is -0.230. The average Bonchev–Trinajstić information content (AvgIpc) is 3.46. The normalized spacial score (nSPS) is 31.3. The molecule has 0 aliphatic carbocycles. The van der Waals surface area contributed by atoms with Crippen molar-refractivity contribution in [3.8, 4) is 0 Å². The number of carbonyl (C=O) groups excluding carboxylic acids is 2. The lowest BCUT2D eigenvalue weighted by atomic mass is 10.1. The molecule has 0 unspecified atom stereocenters. The summed E-state index contributed by atoms with van der Waals surface area (Å²) in [6.45, 7) is 7.24. The number of benzene rings is 1. The molecule has 206 valence electrons. The van der Waals surface area contributed by atoms with Gasteiger partial charge in [-0.3, -0.25) is 4.18 Å². The van der Waals surface area contributed by atoms with Crippen molar-refractivity contribution in [1.29, 1.82) is 0 Å². The summed E-state index contributed by atoms with van der Waals surface area (Å²) < 4.78 is 58.3. The van der Waals surface area contributed by atoms with Crippen molar-refractivity contribution >= 4 is 23.1 Å². The van der Waals surface area contributed by atoms with E-state index in [0.717, 1.165) is 12.7 Å². The third-order valence-corrected chi connectivity index (χ3v) is 6.98. The van der Waals surface area contributed by atoms with E-state index >= 15 is 0 Å². The fraction of sp³-hybridized carbons (Fsp3) is 0.667. The van der Waals surface area contributed by atoms with Crippen LogP contribution in [0, 0.1) is 0 Å². The Morgan fingerprint density at radius 1 is 1.08 bits per heavy atom. The Morgan fingerprint density at radius 3 is 2.46 bits per heavy atom. The molecule has 1 aromatic rings. The Balaban J connectivity index is 1.39. The molecule has 4 rings (SSSR count). The lowest BCUT2D eigenvalue weighted by Crippen LogP contribution is -2.48. The maximum atomic E-state index is 13.1. The number of hydrogen-bond donors (Lipinski definition) is 1. The van der Waals surface area contributed by atoms with Gasteiger partial charge in [0.2, 0.25) is 0 Å². The molecule has 0 saturated carbocycles. The monoisotopic (exact) mass is 543 g/mol. The standard InChI is InChI=1S/C24H33NO11S/c1-23(2)31-12-16(33-23)17-18(19-21(32-17)35-24(3,4)34-19)36-37(28)13-15(20(26)29-5)25-22(27)30-11-14-9-7-6-8-10-14/h6-10,15-19,21H,11-13H2,1-5H3,(H,25,27)/t15-,16+,17+,18-,19+,21+,37+/m0/s1. The molecule has 0 radical (unpaired) electrons. The van der Waals surface area contributed by atoms with Gasteiger partial charge in [-0.05, 0) is 33.3 Å². The van der Waals surface area contributed by atoms with Crippen molar-refractivity contribution < 1.29 is 51.1 Å². The minimum atomic E-state index is -2.08. The largest absolute Gasteiger partial charge is 0.467 e. The van der Waals surface area contributed by atoms with E-state index < -0.39 is 77.2 Å². The summed E-state index contributed by atoms with van der Waals surface area (Å²) in [6, 6.07) is 7.75. The molecule has 1 N–H and O–H groups in total. The van der Waals surface area contributed by atoms with Crippen molar-refractivity contribution in [1.82, 2.24) is 5.32 Å². The maximum absolute atomic E-state index is 13.1. The van der Waals surface area contributed by atoms with Crippen LogP contribution >= 0.6 is 0 Å². The summed E-state index contributed by atoms with van der Waals surface area (Å²) in [6.07, 6.45) is -4.43. The van der Waals surface area contributed by atoms with Crippen LogP contribution in [0.2, 0.25) is 0 Å². The fourth-order valence-electron chi connectivity index (χ4n) is 4.31. The van der Waals surface area contributed by atoms with Crippen LogP contribution in [-0.4, -0.2) is 84.1 Å². The molecule has 0 spiro atoms. The minimum Gasteiger partial charge on any atom is -0.467 e. The van der Waals surface area contributed by atoms with Gasteiger partial charge in [-0.25, -0.2) is 13.8 Å². The highest BCUT2D eigenvalue weighted by molar-refractivity contribution is 7.80. The first-order valence-electron chi connectivity index (χ1n) is 11.9. The van der Waals surface area contributed by atoms with Gasteiger partial charge in [-0.2, -0.15) is 0 Å². The maximum Gasteiger partial charge on any atom is 0.408 e. The van der Waals surface area contributed by atoms with Gasteiger partial charge in [0.15, 0.2) is 28.9 Å². The number of rotatable bonds is 9. The van der Waals surface area contributed by atoms with Crippen LogP contribution in [0.3, 0.4) is 0 Å². The van der Waals surface area contributed by atoms with Crippen LogP contribution < -0.4 is 5.32 Å². The van der Waals surface area contributed by atoms with Crippen LogP contribution in [0.25, 0.3) is 0 Å². The molecule has 12 nitrogen and oxygen atoms in total. The predicted octanol–water partition coefficient (Wildman–Crippen LogP) is 1.53. The second-order valence-electron chi connectivity index (χ2n) is 9.75. The van der Waals surface area contributed by atoms with Gasteiger partial charge in [0.05, 0.1) is 19.5 Å². The van der Waals surface area contributed by atoms with Crippen LogP contribution in [0.5, 0.6) is 0 Å². The summed E-state index contributed by atoms with van der Waals surface area (Å²) in [7, 11) is 1.16. The first-order valence-corrected chi connectivity index (χ1v) is 13.1. The number of alkyl carbamates (subject to hydrolysis) is 1. The van der Waals surface area contributed by atoms with Crippen LogP contribution in [0.4, 0.5) is 4.79 Å². The molecule has 3 aliphatic rings. The zero-order valence-electron chi connectivity index (χ0n) is 21.4. The van der Waals surface area contributed by atoms with Gasteiger partial charge < -0.3 is 38.5 Å². The Kier molecular flexibility index (Phi) is 8.53. The molecule has 7 atom stereocenters. The first kappa shape index (κ1) is 27.9. The summed E-state index contributed by atoms with van der Waals surface area (Å²) in [4.78, 5) is 24.6. The van der Waals surface area contributed by atoms with Gasteiger partial charge in [0.25, 0.3) is 0 Å². The number of nitrogens with one attached hydrogen (secondary N) is 1. The van der Waals surface area contributed by atoms with E-state index in [1.807, 2.05) is 18.2 Å². The SMILES string of the molecule is COC(=O)[C@H](C[S@](=O)O[C@@H]1[C@H]2OC(C)(C)O[C@H]2O[C@@H]1[C@H]1COC(C)(C)O1)NC(=O)OCc1ccccc1. The molecule has 3 aliphatic heterocycles. The van der Waals surface area contributed by atoms with Crippen LogP contribution in [0.1, 0.15) is 33.3 Å². The predicted molar refractivity (Wildman–Crippen MR) is 127 cm³/mol. The van der Waals surface area contributed by atoms with E-state index in [9.17, 15) is 13.8 Å². The highest BCUT2D eigenvalue weighted by Gasteiger charge is 2.59. The Bertz CT molecular complexity index is 988. The molecule has 3 fully saturated rings. The highest BCUT2D eigenvalue weighted by Crippen LogP contribution is 2.42. The third kappa shape index (κ3) is 7.05. The molecule has 3 saturated heterocycles. The zero-order chi connectivity index (χ0) is 26.8. The van der Waals surface area contributed by atoms with Crippen molar-refractivity contribution in [2.45, 2.75) is 82.6 Å². The van der Waals surface area contributed by atoms with Crippen LogP contribution in [0.15, 0.2) is 30.3 Å². The topological polar surface area (TPSA) is 137 Å². The second kappa shape index (κ2) is 11.3. The number of ether oxygens (including phenoxy) is 7. The van der Waals surface area contributed by atoms with E-state index in [2.05, 4.69) is 5.32 Å². The lowest BCUT2D eigenvalue weighted by Gasteiger charge is -2.28. The van der Waals surface area contributed by atoms with E-state index in [0.29, 0.717) is 0 Å². The molecule has 1 amide bonds. The molecule has 13 heteroatoms. The van der Waals surface area contributed by atoms with Gasteiger partial charge >= 0.3 is 12.1 Å². The Hall–Kier alpha value is -2.13. The van der Waals surface area contributed by atoms with Gasteiger partial charge in [-0.15, -0.1) is 0 Å². The summed E-state index contributed by atoms with van der Waals surface area (Å²) in [5.74, 6) is -2.96. The van der Waals surface area contributed by atoms with Crippen molar-refractivity contribution in [3.63, 3.8) is 0 Å². The quantitative estimate of drug-likeness (QED) is 0.454. The number of carbonyl (C=O) groups is 2. The van der Waals surface area contributed by atoms with E-state index in [1.165, 1.54) is 0 Å². The number of hydrogen-bond acceptors (Lipinski definition) is 11. The zero-order valence-corrected chi connectivity index (χ0v) is 22.2. The number of esters is 1. The highest BCUT2D eigenvalue weighted by atomic mass is 32.2. The van der Waals surface area contributed by atoms with Gasteiger partial charge in [0, 0.05) is 0 Å². The average molecular weight is 544 g/mol. The van der Waals surface area contributed by atoms with E-state index in [-0.39, 0.29) is 13.2 Å². The van der Waals surface area contributed by atoms with Gasteiger partial charge in [0.1, 0.15) is 37.1 Å². The van der Waals surface area contributed by atoms with Crippen molar-refractivity contribution in [3.05, 3.63) is 35.9 Å². The minimum absolute atomic E-state index is 0.00273. The van der Waals surface area contributed by atoms with Crippen molar-refractivity contribution in [2.24, 2.45) is 0 Å². The molecule has 37 heavy (non-hydrogen) atoms. The van der Waals surface area contributed by atoms with E-state index in [4.69, 9.17) is 37.3 Å². The third-order valence-electron chi connectivity index (χ3n) is 5.94. The number of fused-ring (bicyclic) bond motifs is 1. The Labute approximate surface area is 217 Å².